The molecule has 0 aromatic rings. The summed E-state index contributed by atoms with van der Waals surface area (Å²) in [4.78, 5) is 0. The van der Waals surface area contributed by atoms with Crippen molar-refractivity contribution in [3.63, 3.8) is 0 Å². The Kier molecular flexibility index (Phi) is 5.49. The highest BCUT2D eigenvalue weighted by Gasteiger charge is 2.28. The largest absolute Gasteiger partial charge is 0.377 e. The molecule has 1 aliphatic rings. The Morgan fingerprint density at radius 2 is 2.07 bits per heavy atom. The van der Waals surface area contributed by atoms with Gasteiger partial charge in [-0.15, -0.1) is 0 Å². The molecule has 0 amide bonds. The molecule has 3 unspecified atom stereocenters. The van der Waals surface area contributed by atoms with Crippen molar-refractivity contribution in [3.8, 4) is 0 Å². The first kappa shape index (κ1) is 12.0. The summed E-state index contributed by atoms with van der Waals surface area (Å²) in [6.07, 6.45) is 6.80. The maximum Gasteiger partial charge on any atom is 0.0730 e. The second-order valence-electron chi connectivity index (χ2n) is 4.39. The van der Waals surface area contributed by atoms with Crippen LogP contribution in [0.15, 0.2) is 0 Å². The van der Waals surface area contributed by atoms with Crippen LogP contribution < -0.4 is 5.32 Å². The fraction of sp³-hybridized carbons (Fsp3) is 1.00. The van der Waals surface area contributed by atoms with Crippen LogP contribution in [0.25, 0.3) is 0 Å². The number of rotatable bonds is 5. The van der Waals surface area contributed by atoms with E-state index in [-0.39, 0.29) is 0 Å². The first-order valence-electron chi connectivity index (χ1n) is 6.10. The van der Waals surface area contributed by atoms with Gasteiger partial charge in [0.05, 0.1) is 6.10 Å². The molecule has 2 heteroatoms. The molecule has 0 spiro atoms. The molecule has 0 aromatic carbocycles. The Morgan fingerprint density at radius 1 is 1.29 bits per heavy atom. The van der Waals surface area contributed by atoms with E-state index < -0.39 is 0 Å². The number of likely N-dealkylation sites (N-methyl/N-ethyl adjacent to an activating group) is 1. The first-order chi connectivity index (χ1) is 6.81. The smallest absolute Gasteiger partial charge is 0.0730 e. The zero-order valence-electron chi connectivity index (χ0n) is 9.88. The van der Waals surface area contributed by atoms with E-state index in [0.29, 0.717) is 12.1 Å². The Morgan fingerprint density at radius 3 is 2.64 bits per heavy atom. The summed E-state index contributed by atoms with van der Waals surface area (Å²) in [6.45, 7) is 5.38. The Bertz CT molecular complexity index is 149. The fourth-order valence-electron chi connectivity index (χ4n) is 2.37. The predicted molar refractivity (Wildman–Crippen MR) is 60.5 cm³/mol. The third-order valence-electron chi connectivity index (χ3n) is 3.38. The van der Waals surface area contributed by atoms with Crippen molar-refractivity contribution < 1.29 is 4.74 Å². The van der Waals surface area contributed by atoms with Gasteiger partial charge in [0, 0.05) is 12.6 Å². The maximum absolute atomic E-state index is 5.91. The van der Waals surface area contributed by atoms with Crippen LogP contribution in [0.5, 0.6) is 0 Å². The van der Waals surface area contributed by atoms with Gasteiger partial charge in [-0.3, -0.25) is 0 Å². The van der Waals surface area contributed by atoms with E-state index in [2.05, 4.69) is 26.2 Å². The van der Waals surface area contributed by atoms with Crippen molar-refractivity contribution in [1.29, 1.82) is 0 Å². The monoisotopic (exact) mass is 199 g/mol. The molecule has 84 valence electrons. The predicted octanol–water partition coefficient (Wildman–Crippen LogP) is 2.58. The Hall–Kier alpha value is -0.0800. The van der Waals surface area contributed by atoms with Crippen LogP contribution >= 0.6 is 0 Å². The van der Waals surface area contributed by atoms with Gasteiger partial charge in [0.25, 0.3) is 0 Å². The van der Waals surface area contributed by atoms with Crippen molar-refractivity contribution in [1.82, 2.24) is 5.32 Å². The minimum atomic E-state index is 0.457. The zero-order valence-corrected chi connectivity index (χ0v) is 9.88. The number of ether oxygens (including phenoxy) is 1. The SMILES string of the molecule is CCCOC1CC(CC)CCC1NC. The van der Waals surface area contributed by atoms with Gasteiger partial charge in [-0.2, -0.15) is 0 Å². The van der Waals surface area contributed by atoms with Gasteiger partial charge in [-0.25, -0.2) is 0 Å². The van der Waals surface area contributed by atoms with Crippen LogP contribution in [0.2, 0.25) is 0 Å². The van der Waals surface area contributed by atoms with E-state index in [0.717, 1.165) is 18.9 Å². The molecule has 0 aromatic heterocycles. The second-order valence-corrected chi connectivity index (χ2v) is 4.39. The molecule has 14 heavy (non-hydrogen) atoms. The van der Waals surface area contributed by atoms with Gasteiger partial charge in [0.15, 0.2) is 0 Å². The van der Waals surface area contributed by atoms with Gasteiger partial charge in [-0.1, -0.05) is 20.3 Å². The molecular weight excluding hydrogens is 174 g/mol. The Balaban J connectivity index is 2.38. The topological polar surface area (TPSA) is 21.3 Å². The molecule has 1 N–H and O–H groups in total. The number of hydrogen-bond donors (Lipinski definition) is 1. The summed E-state index contributed by atoms with van der Waals surface area (Å²) < 4.78 is 5.91. The van der Waals surface area contributed by atoms with E-state index >= 15 is 0 Å². The normalized spacial score (nSPS) is 33.2. The molecule has 1 rings (SSSR count). The molecular formula is C12H25NO. The second kappa shape index (κ2) is 6.41. The summed E-state index contributed by atoms with van der Waals surface area (Å²) in [5, 5.41) is 3.38. The van der Waals surface area contributed by atoms with Gasteiger partial charge in [-0.05, 0) is 38.6 Å². The lowest BCUT2D eigenvalue weighted by Gasteiger charge is -2.35. The summed E-state index contributed by atoms with van der Waals surface area (Å²) in [6, 6.07) is 0.587. The highest BCUT2D eigenvalue weighted by molar-refractivity contribution is 4.84. The molecule has 0 aliphatic heterocycles. The minimum Gasteiger partial charge on any atom is -0.377 e. The van der Waals surface area contributed by atoms with Crippen molar-refractivity contribution >= 4 is 0 Å². The summed E-state index contributed by atoms with van der Waals surface area (Å²) in [5.41, 5.74) is 0. The highest BCUT2D eigenvalue weighted by Crippen LogP contribution is 2.28. The van der Waals surface area contributed by atoms with Crippen molar-refractivity contribution in [3.05, 3.63) is 0 Å². The van der Waals surface area contributed by atoms with Gasteiger partial charge in [0.2, 0.25) is 0 Å². The van der Waals surface area contributed by atoms with E-state index in [1.54, 1.807) is 0 Å². The summed E-state index contributed by atoms with van der Waals surface area (Å²) in [7, 11) is 2.05. The molecule has 1 fully saturated rings. The standard InChI is InChI=1S/C12H25NO/c1-4-8-14-12-9-10(5-2)6-7-11(12)13-3/h10-13H,4-9H2,1-3H3. The van der Waals surface area contributed by atoms with Crippen LogP contribution in [0.3, 0.4) is 0 Å². The third kappa shape index (κ3) is 3.25. The molecule has 0 bridgehead atoms. The average molecular weight is 199 g/mol. The Labute approximate surface area is 88.4 Å². The quantitative estimate of drug-likeness (QED) is 0.735. The van der Waals surface area contributed by atoms with E-state index in [4.69, 9.17) is 4.74 Å². The third-order valence-corrected chi connectivity index (χ3v) is 3.38. The van der Waals surface area contributed by atoms with Gasteiger partial charge < -0.3 is 10.1 Å². The molecule has 0 heterocycles. The summed E-state index contributed by atoms with van der Waals surface area (Å²) in [5.74, 6) is 0.890. The van der Waals surface area contributed by atoms with Crippen LogP contribution in [-0.2, 0) is 4.74 Å². The fourth-order valence-corrected chi connectivity index (χ4v) is 2.37. The number of hydrogen-bond acceptors (Lipinski definition) is 2. The van der Waals surface area contributed by atoms with Crippen LogP contribution in [0, 0.1) is 5.92 Å². The van der Waals surface area contributed by atoms with Gasteiger partial charge >= 0.3 is 0 Å². The molecule has 1 saturated carbocycles. The minimum absolute atomic E-state index is 0.457. The first-order valence-corrected chi connectivity index (χ1v) is 6.10. The lowest BCUT2D eigenvalue weighted by atomic mass is 9.82. The van der Waals surface area contributed by atoms with Crippen LogP contribution in [0.1, 0.15) is 46.0 Å². The molecule has 0 saturated heterocycles. The maximum atomic E-state index is 5.91. The van der Waals surface area contributed by atoms with Crippen LogP contribution in [0.4, 0.5) is 0 Å². The lowest BCUT2D eigenvalue weighted by Crippen LogP contribution is -2.44. The molecule has 0 radical (unpaired) electrons. The highest BCUT2D eigenvalue weighted by atomic mass is 16.5. The van der Waals surface area contributed by atoms with Crippen molar-refractivity contribution in [2.24, 2.45) is 5.92 Å². The van der Waals surface area contributed by atoms with E-state index in [1.165, 1.54) is 25.7 Å². The molecule has 3 atom stereocenters. The van der Waals surface area contributed by atoms with Crippen molar-refractivity contribution in [2.45, 2.75) is 58.1 Å². The van der Waals surface area contributed by atoms with E-state index in [1.807, 2.05) is 0 Å². The lowest BCUT2D eigenvalue weighted by molar-refractivity contribution is -0.00823. The molecule has 1 aliphatic carbocycles. The molecule has 2 nitrogen and oxygen atoms in total. The zero-order chi connectivity index (χ0) is 10.4. The van der Waals surface area contributed by atoms with Crippen LogP contribution in [-0.4, -0.2) is 25.8 Å². The summed E-state index contributed by atoms with van der Waals surface area (Å²) >= 11 is 0. The van der Waals surface area contributed by atoms with Gasteiger partial charge in [0.1, 0.15) is 0 Å². The number of nitrogens with one attached hydrogen (secondary N) is 1. The average Bonchev–Trinajstić information content (AvgIpc) is 2.25. The van der Waals surface area contributed by atoms with E-state index in [9.17, 15) is 0 Å². The van der Waals surface area contributed by atoms with Crippen molar-refractivity contribution in [2.75, 3.05) is 13.7 Å².